The number of aryl methyl sites for hydroxylation is 1. The van der Waals surface area contributed by atoms with Gasteiger partial charge in [0.05, 0.1) is 0 Å². The second-order valence-corrected chi connectivity index (χ2v) is 5.05. The van der Waals surface area contributed by atoms with Crippen LogP contribution >= 0.6 is 23.1 Å². The summed E-state index contributed by atoms with van der Waals surface area (Å²) in [4.78, 5) is 1.53. The maximum Gasteiger partial charge on any atom is 0.00534 e. The molecule has 68 valence electrons. The molecule has 1 aromatic rings. The van der Waals surface area contributed by atoms with Crippen molar-refractivity contribution in [1.82, 2.24) is 0 Å². The largest absolute Gasteiger partial charge is 0.162 e. The maximum absolute atomic E-state index is 2.25. The molecule has 0 bridgehead atoms. The van der Waals surface area contributed by atoms with Gasteiger partial charge in [-0.2, -0.15) is 11.8 Å². The van der Waals surface area contributed by atoms with Crippen LogP contribution in [0.15, 0.2) is 17.5 Å². The van der Waals surface area contributed by atoms with Crippen LogP contribution in [0.4, 0.5) is 0 Å². The molecule has 0 saturated heterocycles. The van der Waals surface area contributed by atoms with E-state index in [2.05, 4.69) is 36.2 Å². The van der Waals surface area contributed by atoms with Crippen LogP contribution in [0.3, 0.4) is 0 Å². The highest BCUT2D eigenvalue weighted by Crippen LogP contribution is 2.13. The summed E-state index contributed by atoms with van der Waals surface area (Å²) >= 11 is 3.96. The highest BCUT2D eigenvalue weighted by atomic mass is 32.2. The van der Waals surface area contributed by atoms with Crippen molar-refractivity contribution in [1.29, 1.82) is 0 Å². The summed E-state index contributed by atoms with van der Waals surface area (Å²) in [7, 11) is 0. The lowest BCUT2D eigenvalue weighted by molar-refractivity contribution is 0.895. The molecule has 0 radical (unpaired) electrons. The van der Waals surface area contributed by atoms with Crippen LogP contribution in [0.1, 0.15) is 24.6 Å². The molecule has 12 heavy (non-hydrogen) atoms. The van der Waals surface area contributed by atoms with Crippen LogP contribution in [-0.2, 0) is 6.42 Å². The Morgan fingerprint density at radius 1 is 1.42 bits per heavy atom. The standard InChI is InChI=1S/C10H16S2/c1-2-3-7-11-9-6-10-5-4-8-12-10/h4-5,8H,2-3,6-7,9H2,1H3. The summed E-state index contributed by atoms with van der Waals surface area (Å²) in [5, 5.41) is 2.16. The van der Waals surface area contributed by atoms with Crippen LogP contribution < -0.4 is 0 Å². The molecule has 0 fully saturated rings. The van der Waals surface area contributed by atoms with Gasteiger partial charge in [0, 0.05) is 4.88 Å². The molecule has 1 heterocycles. The number of unbranched alkanes of at least 4 members (excludes halogenated alkanes) is 1. The van der Waals surface area contributed by atoms with Crippen LogP contribution in [0, 0.1) is 0 Å². The molecule has 0 unspecified atom stereocenters. The van der Waals surface area contributed by atoms with Crippen LogP contribution in [0.5, 0.6) is 0 Å². The Labute approximate surface area is 83.4 Å². The van der Waals surface area contributed by atoms with Gasteiger partial charge in [0.2, 0.25) is 0 Å². The monoisotopic (exact) mass is 200 g/mol. The van der Waals surface area contributed by atoms with Crippen molar-refractivity contribution in [2.24, 2.45) is 0 Å². The van der Waals surface area contributed by atoms with Crippen molar-refractivity contribution in [2.45, 2.75) is 26.2 Å². The Hall–Kier alpha value is 0.0500. The van der Waals surface area contributed by atoms with Crippen molar-refractivity contribution in [3.05, 3.63) is 22.4 Å². The second-order valence-electron chi connectivity index (χ2n) is 2.80. The van der Waals surface area contributed by atoms with Gasteiger partial charge in [-0.05, 0) is 35.8 Å². The van der Waals surface area contributed by atoms with Crippen molar-refractivity contribution in [3.63, 3.8) is 0 Å². The Balaban J connectivity index is 1.96. The summed E-state index contributed by atoms with van der Waals surface area (Å²) in [6, 6.07) is 4.36. The van der Waals surface area contributed by atoms with Gasteiger partial charge in [0.15, 0.2) is 0 Å². The van der Waals surface area contributed by atoms with Gasteiger partial charge in [-0.1, -0.05) is 19.4 Å². The quantitative estimate of drug-likeness (QED) is 0.629. The zero-order valence-corrected chi connectivity index (χ0v) is 9.22. The van der Waals surface area contributed by atoms with Crippen molar-refractivity contribution in [3.8, 4) is 0 Å². The summed E-state index contributed by atoms with van der Waals surface area (Å²) in [6.07, 6.45) is 3.95. The van der Waals surface area contributed by atoms with E-state index in [0.29, 0.717) is 0 Å². The molecule has 0 aliphatic heterocycles. The Morgan fingerprint density at radius 3 is 3.00 bits per heavy atom. The van der Waals surface area contributed by atoms with E-state index in [0.717, 1.165) is 0 Å². The first-order valence-electron chi connectivity index (χ1n) is 4.53. The lowest BCUT2D eigenvalue weighted by Crippen LogP contribution is -1.86. The third-order valence-corrected chi connectivity index (χ3v) is 3.72. The molecular formula is C10H16S2. The lowest BCUT2D eigenvalue weighted by Gasteiger charge is -1.97. The zero-order valence-electron chi connectivity index (χ0n) is 7.58. The molecule has 0 saturated carbocycles. The normalized spacial score (nSPS) is 10.4. The van der Waals surface area contributed by atoms with Gasteiger partial charge in [0.1, 0.15) is 0 Å². The number of thiophene rings is 1. The van der Waals surface area contributed by atoms with Crippen molar-refractivity contribution >= 4 is 23.1 Å². The van der Waals surface area contributed by atoms with E-state index in [-0.39, 0.29) is 0 Å². The molecule has 1 rings (SSSR count). The van der Waals surface area contributed by atoms with E-state index in [1.807, 2.05) is 11.3 Å². The third kappa shape index (κ3) is 4.17. The minimum Gasteiger partial charge on any atom is -0.162 e. The lowest BCUT2D eigenvalue weighted by atomic mass is 10.4. The minimum atomic E-state index is 1.26. The van der Waals surface area contributed by atoms with Crippen LogP contribution in [0.25, 0.3) is 0 Å². The van der Waals surface area contributed by atoms with Gasteiger partial charge in [0.25, 0.3) is 0 Å². The van der Waals surface area contributed by atoms with Crippen LogP contribution in [-0.4, -0.2) is 11.5 Å². The van der Waals surface area contributed by atoms with E-state index >= 15 is 0 Å². The Kier molecular flexibility index (Phi) is 5.53. The first kappa shape index (κ1) is 10.1. The first-order valence-corrected chi connectivity index (χ1v) is 6.57. The van der Waals surface area contributed by atoms with E-state index in [1.54, 1.807) is 0 Å². The zero-order chi connectivity index (χ0) is 8.65. The van der Waals surface area contributed by atoms with Gasteiger partial charge in [-0.15, -0.1) is 11.3 Å². The van der Waals surface area contributed by atoms with Crippen molar-refractivity contribution in [2.75, 3.05) is 11.5 Å². The molecule has 1 aromatic heterocycles. The number of hydrogen-bond acceptors (Lipinski definition) is 2. The van der Waals surface area contributed by atoms with E-state index < -0.39 is 0 Å². The molecule has 0 atom stereocenters. The molecule has 2 heteroatoms. The predicted octanol–water partition coefficient (Wildman–Crippen LogP) is 3.82. The molecule has 0 aromatic carbocycles. The number of rotatable bonds is 6. The van der Waals surface area contributed by atoms with Crippen molar-refractivity contribution < 1.29 is 0 Å². The molecule has 0 aliphatic rings. The number of thioether (sulfide) groups is 1. The Morgan fingerprint density at radius 2 is 2.33 bits per heavy atom. The fourth-order valence-electron chi connectivity index (χ4n) is 0.976. The number of hydrogen-bond donors (Lipinski definition) is 0. The second kappa shape index (κ2) is 6.55. The molecule has 0 N–H and O–H groups in total. The van der Waals surface area contributed by atoms with E-state index in [9.17, 15) is 0 Å². The summed E-state index contributed by atoms with van der Waals surface area (Å²) in [5.41, 5.74) is 0. The highest BCUT2D eigenvalue weighted by Gasteiger charge is 1.93. The van der Waals surface area contributed by atoms with E-state index in [1.165, 1.54) is 35.6 Å². The van der Waals surface area contributed by atoms with Gasteiger partial charge in [-0.3, -0.25) is 0 Å². The fraction of sp³-hybridized carbons (Fsp3) is 0.600. The smallest absolute Gasteiger partial charge is 0.00534 e. The molecule has 0 amide bonds. The van der Waals surface area contributed by atoms with Gasteiger partial charge >= 0.3 is 0 Å². The summed E-state index contributed by atoms with van der Waals surface area (Å²) in [5.74, 6) is 2.63. The van der Waals surface area contributed by atoms with Gasteiger partial charge < -0.3 is 0 Å². The fourth-order valence-corrected chi connectivity index (χ4v) is 2.88. The molecular weight excluding hydrogens is 184 g/mol. The third-order valence-electron chi connectivity index (χ3n) is 1.72. The van der Waals surface area contributed by atoms with Gasteiger partial charge in [-0.25, -0.2) is 0 Å². The van der Waals surface area contributed by atoms with Crippen LogP contribution in [0.2, 0.25) is 0 Å². The van der Waals surface area contributed by atoms with E-state index in [4.69, 9.17) is 0 Å². The molecule has 0 aliphatic carbocycles. The average molecular weight is 200 g/mol. The first-order chi connectivity index (χ1) is 5.93. The molecule has 0 nitrogen and oxygen atoms in total. The summed E-state index contributed by atoms with van der Waals surface area (Å²) in [6.45, 7) is 2.25. The predicted molar refractivity (Wildman–Crippen MR) is 60.3 cm³/mol. The maximum atomic E-state index is 2.25. The topological polar surface area (TPSA) is 0 Å². The SMILES string of the molecule is CCCCSCCc1cccs1. The Bertz CT molecular complexity index is 180. The minimum absolute atomic E-state index is 1.26. The average Bonchev–Trinajstić information content (AvgIpc) is 2.57. The molecule has 0 spiro atoms. The highest BCUT2D eigenvalue weighted by molar-refractivity contribution is 7.99. The summed E-state index contributed by atoms with van der Waals surface area (Å²) < 4.78 is 0.